The molecule has 0 saturated carbocycles. The molecule has 78 valence electrons. The van der Waals surface area contributed by atoms with Crippen molar-refractivity contribution in [2.24, 2.45) is 5.41 Å². The Bertz CT molecular complexity index is 421. The summed E-state index contributed by atoms with van der Waals surface area (Å²) in [6.45, 7) is 3.19. The Balaban J connectivity index is 2.86. The summed E-state index contributed by atoms with van der Waals surface area (Å²) in [5.41, 5.74) is -0.259. The van der Waals surface area contributed by atoms with Crippen LogP contribution in [0.1, 0.15) is 13.8 Å². The smallest absolute Gasteiger partial charge is 0.244 e. The fourth-order valence-electron chi connectivity index (χ4n) is 0.892. The van der Waals surface area contributed by atoms with Crippen LogP contribution in [0, 0.1) is 20.3 Å². The molecule has 1 amide bonds. The number of nitrogens with one attached hydrogen (secondary N) is 1. The summed E-state index contributed by atoms with van der Waals surface area (Å²) < 4.78 is 0.956. The first-order chi connectivity index (χ1) is 6.97. The first-order valence-electron chi connectivity index (χ1n) is 4.44. The molecule has 0 aliphatic carbocycles. The lowest BCUT2D eigenvalue weighted by atomic mass is 9.95. The number of carbonyl (C=O) groups is 1. The Labute approximate surface area is 103 Å². The number of hydrogen-bond acceptors (Lipinski definition) is 2. The number of halogens is 1. The third-order valence-corrected chi connectivity index (χ3v) is 2.91. The predicted molar refractivity (Wildman–Crippen MR) is 67.2 cm³/mol. The van der Waals surface area contributed by atoms with E-state index in [2.05, 4.69) is 27.9 Å². The first kappa shape index (κ1) is 12.0. The van der Waals surface area contributed by atoms with Crippen LogP contribution in [-0.2, 0) is 4.79 Å². The third kappa shape index (κ3) is 2.93. The molecular formula is C11H11IN2O. The highest BCUT2D eigenvalue weighted by molar-refractivity contribution is 14.1. The zero-order valence-corrected chi connectivity index (χ0v) is 10.7. The van der Waals surface area contributed by atoms with E-state index in [4.69, 9.17) is 5.26 Å². The summed E-state index contributed by atoms with van der Waals surface area (Å²) in [6, 6.07) is 9.42. The highest BCUT2D eigenvalue weighted by Gasteiger charge is 2.27. The number of rotatable bonds is 2. The van der Waals surface area contributed by atoms with E-state index >= 15 is 0 Å². The number of benzene rings is 1. The Hall–Kier alpha value is -1.09. The van der Waals surface area contributed by atoms with Crippen molar-refractivity contribution >= 4 is 34.2 Å². The molecule has 0 saturated heterocycles. The van der Waals surface area contributed by atoms with E-state index in [1.165, 1.54) is 0 Å². The minimum Gasteiger partial charge on any atom is -0.324 e. The van der Waals surface area contributed by atoms with Gasteiger partial charge in [-0.3, -0.25) is 4.79 Å². The standard InChI is InChI=1S/C11H11IN2O/c1-11(2,7-13)10(15)14-9-6-4-3-5-8(9)12/h3-6H,1-2H3,(H,14,15). The molecule has 0 aromatic heterocycles. The topological polar surface area (TPSA) is 52.9 Å². The Morgan fingerprint density at radius 2 is 2.07 bits per heavy atom. The molecule has 4 heteroatoms. The molecule has 0 atom stereocenters. The van der Waals surface area contributed by atoms with Crippen molar-refractivity contribution in [2.75, 3.05) is 5.32 Å². The molecule has 0 unspecified atom stereocenters. The maximum Gasteiger partial charge on any atom is 0.244 e. The summed E-state index contributed by atoms with van der Waals surface area (Å²) in [5, 5.41) is 11.5. The SMILES string of the molecule is CC(C)(C#N)C(=O)Nc1ccccc1I. The van der Waals surface area contributed by atoms with Crippen LogP contribution in [0.5, 0.6) is 0 Å². The van der Waals surface area contributed by atoms with Gasteiger partial charge in [0.05, 0.1) is 11.8 Å². The van der Waals surface area contributed by atoms with Gasteiger partial charge in [0.1, 0.15) is 5.41 Å². The molecule has 0 aliphatic rings. The van der Waals surface area contributed by atoms with Crippen LogP contribution in [0.2, 0.25) is 0 Å². The van der Waals surface area contributed by atoms with Crippen LogP contribution >= 0.6 is 22.6 Å². The van der Waals surface area contributed by atoms with Crippen molar-refractivity contribution in [3.05, 3.63) is 27.8 Å². The van der Waals surface area contributed by atoms with E-state index in [-0.39, 0.29) is 5.91 Å². The second-order valence-electron chi connectivity index (χ2n) is 3.67. The molecule has 0 radical (unpaired) electrons. The largest absolute Gasteiger partial charge is 0.324 e. The minimum atomic E-state index is -1.00. The number of nitrogens with zero attached hydrogens (tertiary/aromatic N) is 1. The number of nitriles is 1. The molecule has 3 nitrogen and oxygen atoms in total. The number of para-hydroxylation sites is 1. The van der Waals surface area contributed by atoms with Gasteiger partial charge in [-0.05, 0) is 48.6 Å². The van der Waals surface area contributed by atoms with Crippen molar-refractivity contribution in [2.45, 2.75) is 13.8 Å². The molecule has 0 heterocycles. The molecule has 0 fully saturated rings. The summed E-state index contributed by atoms with van der Waals surface area (Å²) in [6.07, 6.45) is 0. The van der Waals surface area contributed by atoms with Crippen LogP contribution in [0.15, 0.2) is 24.3 Å². The summed E-state index contributed by atoms with van der Waals surface area (Å²) in [5.74, 6) is -0.283. The number of anilines is 1. The van der Waals surface area contributed by atoms with Crippen LogP contribution in [0.4, 0.5) is 5.69 Å². The van der Waals surface area contributed by atoms with E-state index in [1.807, 2.05) is 30.3 Å². The molecule has 1 N–H and O–H groups in total. The second kappa shape index (κ2) is 4.62. The summed E-state index contributed by atoms with van der Waals surface area (Å²) in [4.78, 5) is 11.7. The second-order valence-corrected chi connectivity index (χ2v) is 4.83. The average molecular weight is 314 g/mol. The molecule has 0 aliphatic heterocycles. The molecular weight excluding hydrogens is 303 g/mol. The Morgan fingerprint density at radius 1 is 1.47 bits per heavy atom. The quantitative estimate of drug-likeness (QED) is 0.854. The average Bonchev–Trinajstić information content (AvgIpc) is 2.21. The molecule has 1 aromatic carbocycles. The first-order valence-corrected chi connectivity index (χ1v) is 5.52. The number of amides is 1. The molecule has 0 spiro atoms. The van der Waals surface area contributed by atoms with E-state index in [0.29, 0.717) is 0 Å². The summed E-state index contributed by atoms with van der Waals surface area (Å²) >= 11 is 2.14. The maximum absolute atomic E-state index is 11.7. The molecule has 15 heavy (non-hydrogen) atoms. The van der Waals surface area contributed by atoms with Crippen molar-refractivity contribution in [1.82, 2.24) is 0 Å². The van der Waals surface area contributed by atoms with E-state index in [0.717, 1.165) is 9.26 Å². The molecule has 1 aromatic rings. The van der Waals surface area contributed by atoms with Crippen molar-refractivity contribution in [3.8, 4) is 6.07 Å². The van der Waals surface area contributed by atoms with Gasteiger partial charge in [0.25, 0.3) is 0 Å². The van der Waals surface area contributed by atoms with Gasteiger partial charge in [-0.15, -0.1) is 0 Å². The molecule has 1 rings (SSSR count). The van der Waals surface area contributed by atoms with E-state index in [9.17, 15) is 4.79 Å². The van der Waals surface area contributed by atoms with Gasteiger partial charge in [-0.25, -0.2) is 0 Å². The Kier molecular flexibility index (Phi) is 3.69. The zero-order valence-electron chi connectivity index (χ0n) is 8.54. The van der Waals surface area contributed by atoms with Crippen LogP contribution in [0.25, 0.3) is 0 Å². The lowest BCUT2D eigenvalue weighted by Crippen LogP contribution is -2.29. The van der Waals surface area contributed by atoms with Gasteiger partial charge in [0.15, 0.2) is 0 Å². The van der Waals surface area contributed by atoms with Gasteiger partial charge >= 0.3 is 0 Å². The number of hydrogen-bond donors (Lipinski definition) is 1. The van der Waals surface area contributed by atoms with Crippen LogP contribution in [-0.4, -0.2) is 5.91 Å². The van der Waals surface area contributed by atoms with Crippen molar-refractivity contribution < 1.29 is 4.79 Å². The monoisotopic (exact) mass is 314 g/mol. The number of carbonyl (C=O) groups excluding carboxylic acids is 1. The fraction of sp³-hybridized carbons (Fsp3) is 0.273. The third-order valence-electron chi connectivity index (χ3n) is 1.97. The van der Waals surface area contributed by atoms with Gasteiger partial charge in [-0.2, -0.15) is 5.26 Å². The lowest BCUT2D eigenvalue weighted by molar-refractivity contribution is -0.121. The van der Waals surface area contributed by atoms with Crippen molar-refractivity contribution in [3.63, 3.8) is 0 Å². The van der Waals surface area contributed by atoms with Gasteiger partial charge in [-0.1, -0.05) is 12.1 Å². The van der Waals surface area contributed by atoms with Crippen molar-refractivity contribution in [1.29, 1.82) is 5.26 Å². The summed E-state index contributed by atoms with van der Waals surface area (Å²) in [7, 11) is 0. The minimum absolute atomic E-state index is 0.283. The van der Waals surface area contributed by atoms with E-state index < -0.39 is 5.41 Å². The maximum atomic E-state index is 11.7. The van der Waals surface area contributed by atoms with Gasteiger partial charge in [0.2, 0.25) is 5.91 Å². The Morgan fingerprint density at radius 3 is 2.60 bits per heavy atom. The lowest BCUT2D eigenvalue weighted by Gasteiger charge is -2.15. The van der Waals surface area contributed by atoms with Gasteiger partial charge in [0, 0.05) is 3.57 Å². The predicted octanol–water partition coefficient (Wildman–Crippen LogP) is 2.78. The fourth-order valence-corrected chi connectivity index (χ4v) is 1.41. The normalized spacial score (nSPS) is 10.5. The zero-order chi connectivity index (χ0) is 11.5. The van der Waals surface area contributed by atoms with Crippen LogP contribution < -0.4 is 5.32 Å². The van der Waals surface area contributed by atoms with Crippen LogP contribution in [0.3, 0.4) is 0 Å². The highest BCUT2D eigenvalue weighted by atomic mass is 127. The van der Waals surface area contributed by atoms with Gasteiger partial charge < -0.3 is 5.32 Å². The molecule has 0 bridgehead atoms. The highest BCUT2D eigenvalue weighted by Crippen LogP contribution is 2.21. The van der Waals surface area contributed by atoms with E-state index in [1.54, 1.807) is 13.8 Å².